The Hall–Kier alpha value is -2.03. The van der Waals surface area contributed by atoms with Crippen LogP contribution >= 0.6 is 0 Å². The summed E-state index contributed by atoms with van der Waals surface area (Å²) in [4.78, 5) is 10.8. The van der Waals surface area contributed by atoms with E-state index in [-0.39, 0.29) is 5.56 Å². The van der Waals surface area contributed by atoms with Crippen molar-refractivity contribution in [2.24, 2.45) is 0 Å². The summed E-state index contributed by atoms with van der Waals surface area (Å²) >= 11 is 0. The van der Waals surface area contributed by atoms with Crippen LogP contribution < -0.4 is 0 Å². The van der Waals surface area contributed by atoms with Gasteiger partial charge < -0.3 is 0 Å². The second-order valence-corrected chi connectivity index (χ2v) is 4.17. The van der Waals surface area contributed by atoms with Gasteiger partial charge in [0.05, 0.1) is 0 Å². The van der Waals surface area contributed by atoms with Crippen LogP contribution in [0.2, 0.25) is 0 Å². The number of halogens is 2. The van der Waals surface area contributed by atoms with Gasteiger partial charge in [-0.2, -0.15) is 0 Å². The fourth-order valence-corrected chi connectivity index (χ4v) is 1.87. The van der Waals surface area contributed by atoms with Crippen LogP contribution in [0.4, 0.5) is 8.78 Å². The van der Waals surface area contributed by atoms with E-state index < -0.39 is 6.43 Å². The average molecular weight is 246 g/mol. The van der Waals surface area contributed by atoms with Crippen LogP contribution in [-0.4, -0.2) is 6.29 Å². The molecule has 0 amide bonds. The highest BCUT2D eigenvalue weighted by Crippen LogP contribution is 2.25. The molecule has 0 N–H and O–H groups in total. The lowest BCUT2D eigenvalue weighted by molar-refractivity contribution is 0.112. The van der Waals surface area contributed by atoms with Crippen LogP contribution in [0, 0.1) is 6.92 Å². The summed E-state index contributed by atoms with van der Waals surface area (Å²) in [5, 5.41) is 0. The van der Waals surface area contributed by atoms with E-state index in [1.54, 1.807) is 24.3 Å². The van der Waals surface area contributed by atoms with Gasteiger partial charge in [0.25, 0.3) is 6.43 Å². The third-order valence-corrected chi connectivity index (χ3v) is 2.73. The molecule has 2 aromatic rings. The Labute approximate surface area is 104 Å². The van der Waals surface area contributed by atoms with Crippen molar-refractivity contribution in [2.45, 2.75) is 13.3 Å². The SMILES string of the molecule is Cc1cc(C=O)cc(-c2ccc(C(F)F)cc2)c1. The molecule has 1 nitrogen and oxygen atoms in total. The molecule has 18 heavy (non-hydrogen) atoms. The minimum Gasteiger partial charge on any atom is -0.298 e. The molecule has 0 aliphatic rings. The summed E-state index contributed by atoms with van der Waals surface area (Å²) in [5.74, 6) is 0. The van der Waals surface area contributed by atoms with E-state index in [4.69, 9.17) is 0 Å². The Morgan fingerprint density at radius 2 is 1.67 bits per heavy atom. The Balaban J connectivity index is 2.42. The standard InChI is InChI=1S/C15H12F2O/c1-10-6-11(9-18)8-14(7-10)12-2-4-13(5-3-12)15(16)17/h2-9,15H,1H3. The monoisotopic (exact) mass is 246 g/mol. The second-order valence-electron chi connectivity index (χ2n) is 4.17. The Bertz CT molecular complexity index is 559. The van der Waals surface area contributed by atoms with Crippen molar-refractivity contribution in [3.8, 4) is 11.1 Å². The van der Waals surface area contributed by atoms with E-state index in [1.165, 1.54) is 12.1 Å². The van der Waals surface area contributed by atoms with Crippen LogP contribution in [0.1, 0.15) is 27.9 Å². The molecule has 0 radical (unpaired) electrons. The summed E-state index contributed by atoms with van der Waals surface area (Å²) < 4.78 is 24.9. The number of aryl methyl sites for hydroxylation is 1. The van der Waals surface area contributed by atoms with E-state index in [0.29, 0.717) is 5.56 Å². The van der Waals surface area contributed by atoms with Crippen molar-refractivity contribution >= 4 is 6.29 Å². The first kappa shape index (κ1) is 12.4. The van der Waals surface area contributed by atoms with Gasteiger partial charge in [-0.25, -0.2) is 8.78 Å². The zero-order chi connectivity index (χ0) is 13.1. The molecule has 2 rings (SSSR count). The second kappa shape index (κ2) is 5.08. The van der Waals surface area contributed by atoms with Crippen LogP contribution in [-0.2, 0) is 0 Å². The molecular formula is C15H12F2O. The maximum absolute atomic E-state index is 12.4. The highest BCUT2D eigenvalue weighted by Gasteiger charge is 2.07. The molecule has 0 unspecified atom stereocenters. The number of rotatable bonds is 3. The fraction of sp³-hybridized carbons (Fsp3) is 0.133. The molecule has 0 aromatic heterocycles. The number of carbonyl (C=O) groups is 1. The van der Waals surface area contributed by atoms with Gasteiger partial charge in [0.1, 0.15) is 6.29 Å². The lowest BCUT2D eigenvalue weighted by Gasteiger charge is -2.06. The van der Waals surface area contributed by atoms with Crippen molar-refractivity contribution < 1.29 is 13.6 Å². The van der Waals surface area contributed by atoms with Gasteiger partial charge in [-0.05, 0) is 35.7 Å². The molecule has 2 aromatic carbocycles. The molecule has 0 aliphatic heterocycles. The number of alkyl halides is 2. The number of aldehydes is 1. The van der Waals surface area contributed by atoms with Gasteiger partial charge in [-0.3, -0.25) is 4.79 Å². The molecule has 92 valence electrons. The first-order chi connectivity index (χ1) is 8.60. The Kier molecular flexibility index (Phi) is 3.51. The van der Waals surface area contributed by atoms with E-state index in [1.807, 2.05) is 13.0 Å². The van der Waals surface area contributed by atoms with Gasteiger partial charge in [-0.15, -0.1) is 0 Å². The van der Waals surface area contributed by atoms with Crippen molar-refractivity contribution in [2.75, 3.05) is 0 Å². The van der Waals surface area contributed by atoms with Gasteiger partial charge in [0.15, 0.2) is 0 Å². The molecule has 3 heteroatoms. The molecule has 0 saturated carbocycles. The quantitative estimate of drug-likeness (QED) is 0.733. The Morgan fingerprint density at radius 3 is 2.22 bits per heavy atom. The van der Waals surface area contributed by atoms with Crippen LogP contribution in [0.15, 0.2) is 42.5 Å². The van der Waals surface area contributed by atoms with Crippen LogP contribution in [0.5, 0.6) is 0 Å². The minimum atomic E-state index is -2.46. The smallest absolute Gasteiger partial charge is 0.263 e. The molecule has 0 atom stereocenters. The van der Waals surface area contributed by atoms with Crippen molar-refractivity contribution in [1.82, 2.24) is 0 Å². The fourth-order valence-electron chi connectivity index (χ4n) is 1.87. The minimum absolute atomic E-state index is 0.00186. The lowest BCUT2D eigenvalue weighted by atomic mass is 10.00. The van der Waals surface area contributed by atoms with Crippen molar-refractivity contribution in [1.29, 1.82) is 0 Å². The maximum Gasteiger partial charge on any atom is 0.263 e. The summed E-state index contributed by atoms with van der Waals surface area (Å²) in [5.41, 5.74) is 3.24. The molecule has 0 heterocycles. The number of benzene rings is 2. The molecule has 0 aliphatic carbocycles. The summed E-state index contributed by atoms with van der Waals surface area (Å²) in [7, 11) is 0. The maximum atomic E-state index is 12.4. The molecule has 0 spiro atoms. The van der Waals surface area contributed by atoms with Gasteiger partial charge >= 0.3 is 0 Å². The zero-order valence-electron chi connectivity index (χ0n) is 9.86. The molecule has 0 bridgehead atoms. The summed E-state index contributed by atoms with van der Waals surface area (Å²) in [6, 6.07) is 11.5. The van der Waals surface area contributed by atoms with Gasteiger partial charge in [0, 0.05) is 11.1 Å². The number of carbonyl (C=O) groups excluding carboxylic acids is 1. The highest BCUT2D eigenvalue weighted by atomic mass is 19.3. The van der Waals surface area contributed by atoms with Gasteiger partial charge in [-0.1, -0.05) is 30.3 Å². The van der Waals surface area contributed by atoms with Crippen LogP contribution in [0.3, 0.4) is 0 Å². The third-order valence-electron chi connectivity index (χ3n) is 2.73. The predicted octanol–water partition coefficient (Wildman–Crippen LogP) is 4.41. The van der Waals surface area contributed by atoms with Crippen molar-refractivity contribution in [3.05, 3.63) is 59.2 Å². The van der Waals surface area contributed by atoms with E-state index in [9.17, 15) is 13.6 Å². The van der Waals surface area contributed by atoms with Crippen molar-refractivity contribution in [3.63, 3.8) is 0 Å². The normalized spacial score (nSPS) is 10.7. The molecule has 0 saturated heterocycles. The Morgan fingerprint density at radius 1 is 1.00 bits per heavy atom. The van der Waals surface area contributed by atoms with Crippen LogP contribution in [0.25, 0.3) is 11.1 Å². The third kappa shape index (κ3) is 2.62. The van der Waals surface area contributed by atoms with E-state index in [2.05, 4.69) is 0 Å². The summed E-state index contributed by atoms with van der Waals surface area (Å²) in [6.07, 6.45) is -1.67. The average Bonchev–Trinajstić information content (AvgIpc) is 2.38. The first-order valence-electron chi connectivity index (χ1n) is 5.55. The first-order valence-corrected chi connectivity index (χ1v) is 5.55. The summed E-state index contributed by atoms with van der Waals surface area (Å²) in [6.45, 7) is 1.89. The zero-order valence-corrected chi connectivity index (χ0v) is 9.86. The van der Waals surface area contributed by atoms with Gasteiger partial charge in [0.2, 0.25) is 0 Å². The van der Waals surface area contributed by atoms with E-state index in [0.717, 1.165) is 23.0 Å². The van der Waals surface area contributed by atoms with E-state index >= 15 is 0 Å². The molecular weight excluding hydrogens is 234 g/mol. The predicted molar refractivity (Wildman–Crippen MR) is 67.0 cm³/mol. The number of hydrogen-bond acceptors (Lipinski definition) is 1. The lowest BCUT2D eigenvalue weighted by Crippen LogP contribution is -1.87. The molecule has 0 fully saturated rings. The largest absolute Gasteiger partial charge is 0.298 e. The number of hydrogen-bond donors (Lipinski definition) is 0. The topological polar surface area (TPSA) is 17.1 Å². The highest BCUT2D eigenvalue weighted by molar-refractivity contribution is 5.79.